The molecule has 0 fully saturated rings. The van der Waals surface area contributed by atoms with Crippen molar-refractivity contribution in [1.82, 2.24) is 19.9 Å². The first kappa shape index (κ1) is 23.3. The van der Waals surface area contributed by atoms with Crippen molar-refractivity contribution in [2.75, 3.05) is 49.8 Å². The van der Waals surface area contributed by atoms with Crippen LogP contribution in [0.2, 0.25) is 0 Å². The number of hydrogen-bond donors (Lipinski definition) is 3. The molecule has 0 aliphatic rings. The first-order valence-corrected chi connectivity index (χ1v) is 11.3. The monoisotopic (exact) mass is 457 g/mol. The molecule has 4 aromatic rings. The number of aromatic amines is 1. The molecule has 2 aromatic heterocycles. The maximum absolute atomic E-state index is 11.8. The minimum absolute atomic E-state index is 0.118. The molecule has 0 unspecified atom stereocenters. The summed E-state index contributed by atoms with van der Waals surface area (Å²) in [5, 5.41) is 7.36. The maximum Gasteiger partial charge on any atom is 0.227 e. The third-order valence-electron chi connectivity index (χ3n) is 5.71. The molecule has 8 nitrogen and oxygen atoms in total. The van der Waals surface area contributed by atoms with Crippen LogP contribution in [0.25, 0.3) is 22.2 Å². The van der Waals surface area contributed by atoms with Gasteiger partial charge in [0.1, 0.15) is 0 Å². The first-order chi connectivity index (χ1) is 16.3. The number of nitrogens with zero attached hydrogens (tertiary/aromatic N) is 4. The summed E-state index contributed by atoms with van der Waals surface area (Å²) in [6.45, 7) is 5.34. The van der Waals surface area contributed by atoms with Crippen LogP contribution in [0.15, 0.2) is 54.9 Å². The average molecular weight is 458 g/mol. The number of rotatable bonds is 8. The fraction of sp³-hybridized carbons (Fsp3) is 0.269. The van der Waals surface area contributed by atoms with E-state index in [9.17, 15) is 4.79 Å². The first-order valence-electron chi connectivity index (χ1n) is 11.3. The van der Waals surface area contributed by atoms with E-state index in [0.717, 1.165) is 52.3 Å². The Hall–Kier alpha value is -3.91. The predicted octanol–water partition coefficient (Wildman–Crippen LogP) is 4.63. The number of nitrogens with one attached hydrogen (secondary N) is 3. The molecule has 2 aromatic carbocycles. The summed E-state index contributed by atoms with van der Waals surface area (Å²) in [4.78, 5) is 28.6. The number of amides is 1. The van der Waals surface area contributed by atoms with E-state index in [4.69, 9.17) is 4.98 Å². The van der Waals surface area contributed by atoms with Crippen molar-refractivity contribution >= 4 is 39.8 Å². The highest BCUT2D eigenvalue weighted by atomic mass is 16.1. The number of aryl methyl sites for hydroxylation is 1. The number of hydrogen-bond acceptors (Lipinski definition) is 6. The molecule has 0 atom stereocenters. The summed E-state index contributed by atoms with van der Waals surface area (Å²) in [6.07, 6.45) is 3.73. The van der Waals surface area contributed by atoms with Gasteiger partial charge in [-0.1, -0.05) is 18.2 Å². The van der Waals surface area contributed by atoms with Gasteiger partial charge in [0.2, 0.25) is 11.9 Å². The Morgan fingerprint density at radius 1 is 1.09 bits per heavy atom. The molecule has 0 radical (unpaired) electrons. The second-order valence-corrected chi connectivity index (χ2v) is 8.73. The van der Waals surface area contributed by atoms with Gasteiger partial charge in [-0.15, -0.1) is 0 Å². The van der Waals surface area contributed by atoms with E-state index in [2.05, 4.69) is 55.5 Å². The fourth-order valence-corrected chi connectivity index (χ4v) is 3.92. The summed E-state index contributed by atoms with van der Waals surface area (Å²) in [5.41, 5.74) is 6.64. The molecule has 1 amide bonds. The van der Waals surface area contributed by atoms with Gasteiger partial charge in [-0.3, -0.25) is 4.79 Å². The highest BCUT2D eigenvalue weighted by Crippen LogP contribution is 2.31. The second kappa shape index (κ2) is 9.93. The van der Waals surface area contributed by atoms with E-state index in [1.807, 2.05) is 51.6 Å². The van der Waals surface area contributed by atoms with Crippen LogP contribution in [0.4, 0.5) is 23.0 Å². The SMILES string of the molecule is CC(=O)Nc1cc(Nc2nccc(-c3c[nH]c4c(C)cccc34)n2)ccc1N(C)CCN(C)C. The number of carbonyl (C=O) groups is 1. The topological polar surface area (TPSA) is 89.2 Å². The number of H-pyrrole nitrogens is 1. The minimum Gasteiger partial charge on any atom is -0.372 e. The number of aromatic nitrogens is 3. The summed E-state index contributed by atoms with van der Waals surface area (Å²) in [6, 6.07) is 14.0. The van der Waals surface area contributed by atoms with Crippen molar-refractivity contribution in [3.05, 3.63) is 60.4 Å². The normalized spacial score (nSPS) is 11.1. The Kier molecular flexibility index (Phi) is 6.79. The Labute approximate surface area is 200 Å². The summed E-state index contributed by atoms with van der Waals surface area (Å²) >= 11 is 0. The molecule has 0 saturated heterocycles. The van der Waals surface area contributed by atoms with Crippen LogP contribution in [-0.2, 0) is 4.79 Å². The molecule has 2 heterocycles. The fourth-order valence-electron chi connectivity index (χ4n) is 3.92. The Balaban J connectivity index is 1.61. The van der Waals surface area contributed by atoms with Crippen molar-refractivity contribution < 1.29 is 4.79 Å². The lowest BCUT2D eigenvalue weighted by Crippen LogP contribution is -2.29. The van der Waals surface area contributed by atoms with E-state index in [0.29, 0.717) is 5.95 Å². The highest BCUT2D eigenvalue weighted by Gasteiger charge is 2.13. The summed E-state index contributed by atoms with van der Waals surface area (Å²) in [5.74, 6) is 0.370. The number of para-hydroxylation sites is 1. The molecule has 0 aliphatic heterocycles. The third-order valence-corrected chi connectivity index (χ3v) is 5.71. The van der Waals surface area contributed by atoms with Crippen LogP contribution in [0.1, 0.15) is 12.5 Å². The minimum atomic E-state index is -0.118. The Bertz CT molecular complexity index is 1310. The van der Waals surface area contributed by atoms with Gasteiger partial charge in [0, 0.05) is 61.6 Å². The maximum atomic E-state index is 11.8. The zero-order chi connectivity index (χ0) is 24.2. The largest absolute Gasteiger partial charge is 0.372 e. The lowest BCUT2D eigenvalue weighted by Gasteiger charge is -2.24. The van der Waals surface area contributed by atoms with Crippen molar-refractivity contribution in [2.24, 2.45) is 0 Å². The smallest absolute Gasteiger partial charge is 0.227 e. The van der Waals surface area contributed by atoms with E-state index in [1.165, 1.54) is 12.5 Å². The molecule has 34 heavy (non-hydrogen) atoms. The Morgan fingerprint density at radius 2 is 1.91 bits per heavy atom. The molecular formula is C26H31N7O. The van der Waals surface area contributed by atoms with Gasteiger partial charge in [0.05, 0.1) is 17.1 Å². The quantitative estimate of drug-likeness (QED) is 0.357. The van der Waals surface area contributed by atoms with E-state index < -0.39 is 0 Å². The van der Waals surface area contributed by atoms with Gasteiger partial charge in [-0.25, -0.2) is 9.97 Å². The standard InChI is InChI=1S/C26H31N7O/c1-17-7-6-8-20-21(16-28-25(17)20)22-11-12-27-26(31-22)30-19-9-10-24(23(15-19)29-18(2)34)33(5)14-13-32(3)4/h6-12,15-16,28H,13-14H2,1-5H3,(H,29,34)(H,27,30,31). The van der Waals surface area contributed by atoms with E-state index in [1.54, 1.807) is 6.20 Å². The van der Waals surface area contributed by atoms with Crippen molar-refractivity contribution in [2.45, 2.75) is 13.8 Å². The average Bonchev–Trinajstić information content (AvgIpc) is 3.23. The van der Waals surface area contributed by atoms with Gasteiger partial charge in [0.25, 0.3) is 0 Å². The van der Waals surface area contributed by atoms with E-state index in [-0.39, 0.29) is 5.91 Å². The number of benzene rings is 2. The van der Waals surface area contributed by atoms with Gasteiger partial charge in [-0.2, -0.15) is 0 Å². The molecule has 0 spiro atoms. The lowest BCUT2D eigenvalue weighted by atomic mass is 10.1. The summed E-state index contributed by atoms with van der Waals surface area (Å²) < 4.78 is 0. The Morgan fingerprint density at radius 3 is 2.68 bits per heavy atom. The molecular weight excluding hydrogens is 426 g/mol. The van der Waals surface area contributed by atoms with E-state index >= 15 is 0 Å². The zero-order valence-electron chi connectivity index (χ0n) is 20.3. The molecule has 176 valence electrons. The van der Waals surface area contributed by atoms with Gasteiger partial charge in [-0.05, 0) is 50.8 Å². The number of carbonyl (C=O) groups excluding carboxylic acids is 1. The summed E-state index contributed by atoms with van der Waals surface area (Å²) in [7, 11) is 6.11. The van der Waals surface area contributed by atoms with Crippen LogP contribution in [-0.4, -0.2) is 60.0 Å². The highest BCUT2D eigenvalue weighted by molar-refractivity contribution is 5.96. The van der Waals surface area contributed by atoms with Crippen molar-refractivity contribution in [3.8, 4) is 11.3 Å². The molecule has 0 aliphatic carbocycles. The van der Waals surface area contributed by atoms with Gasteiger partial charge in [0.15, 0.2) is 0 Å². The predicted molar refractivity (Wildman–Crippen MR) is 140 cm³/mol. The van der Waals surface area contributed by atoms with Crippen molar-refractivity contribution in [3.63, 3.8) is 0 Å². The molecule has 0 bridgehead atoms. The number of likely N-dealkylation sites (N-methyl/N-ethyl adjacent to an activating group) is 2. The third kappa shape index (κ3) is 5.18. The van der Waals surface area contributed by atoms with Gasteiger partial charge >= 0.3 is 0 Å². The van der Waals surface area contributed by atoms with Gasteiger partial charge < -0.3 is 25.4 Å². The van der Waals surface area contributed by atoms with Crippen LogP contribution in [0, 0.1) is 6.92 Å². The lowest BCUT2D eigenvalue weighted by molar-refractivity contribution is -0.114. The van der Waals surface area contributed by atoms with Crippen LogP contribution < -0.4 is 15.5 Å². The molecule has 4 rings (SSSR count). The van der Waals surface area contributed by atoms with Crippen LogP contribution >= 0.6 is 0 Å². The number of anilines is 4. The molecule has 3 N–H and O–H groups in total. The molecule has 0 saturated carbocycles. The molecule has 8 heteroatoms. The number of fused-ring (bicyclic) bond motifs is 1. The van der Waals surface area contributed by atoms with Crippen LogP contribution in [0.5, 0.6) is 0 Å². The van der Waals surface area contributed by atoms with Crippen molar-refractivity contribution in [1.29, 1.82) is 0 Å². The second-order valence-electron chi connectivity index (χ2n) is 8.73. The zero-order valence-corrected chi connectivity index (χ0v) is 20.3. The van der Waals surface area contributed by atoms with Crippen LogP contribution in [0.3, 0.4) is 0 Å².